The highest BCUT2D eigenvalue weighted by atomic mass is 16.8. The fourth-order valence-corrected chi connectivity index (χ4v) is 6.51. The van der Waals surface area contributed by atoms with E-state index in [1.165, 1.54) is 0 Å². The predicted octanol–water partition coefficient (Wildman–Crippen LogP) is 4.37. The summed E-state index contributed by atoms with van der Waals surface area (Å²) in [4.78, 5) is 45.7. The highest BCUT2D eigenvalue weighted by Gasteiger charge is 2.60. The molecule has 0 bridgehead atoms. The van der Waals surface area contributed by atoms with Gasteiger partial charge >= 0.3 is 18.0 Å². The molecule has 2 heterocycles. The lowest BCUT2D eigenvalue weighted by atomic mass is 9.84. The Morgan fingerprint density at radius 1 is 0.894 bits per heavy atom. The van der Waals surface area contributed by atoms with Gasteiger partial charge in [-0.2, -0.15) is 0 Å². The van der Waals surface area contributed by atoms with Crippen LogP contribution in [0.15, 0.2) is 15.3 Å². The topological polar surface area (TPSA) is 274 Å². The summed E-state index contributed by atoms with van der Waals surface area (Å²) in [6, 6.07) is -3.12. The van der Waals surface area contributed by atoms with Gasteiger partial charge in [-0.05, 0) is 56.6 Å². The van der Waals surface area contributed by atoms with E-state index >= 15 is 0 Å². The normalized spacial score (nSPS) is 34.3. The van der Waals surface area contributed by atoms with Gasteiger partial charge in [0.25, 0.3) is 0 Å². The van der Waals surface area contributed by atoms with Crippen LogP contribution in [0.4, 0.5) is 4.79 Å². The molecule has 1 spiro atoms. The number of fused-ring (bicyclic) bond motifs is 1. The Labute approximate surface area is 269 Å². The van der Waals surface area contributed by atoms with Gasteiger partial charge in [-0.3, -0.25) is 9.59 Å². The van der Waals surface area contributed by atoms with Crippen molar-refractivity contribution in [2.75, 3.05) is 6.54 Å². The number of rotatable bonds is 9. The van der Waals surface area contributed by atoms with E-state index in [1.54, 1.807) is 20.8 Å². The van der Waals surface area contributed by atoms with E-state index in [1.807, 2.05) is 0 Å². The average Bonchev–Trinajstić information content (AvgIpc) is 3.34. The standard InChI is InChI=1S/C27H40N10O10/c1-13(38)41-21-17(12-31-35-28)43-24(18(34-37-30)22(21)42-14(2)39)44-19-16(33-36-29)11-15(32-25(40)47-26(3,4)5)20-23(19)46-27(45-20)9-7-6-8-10-27/h15-24H,6-12H2,1-5H3,(H,32,40)/t15-,16+,17-,18-,19-,20+,21-,22-,23+,24-/m1/s1. The number of nitrogens with zero attached hydrogens (tertiary/aromatic N) is 9. The zero-order chi connectivity index (χ0) is 34.4. The smallest absolute Gasteiger partial charge is 0.407 e. The Hall–Kier alpha value is -4.02. The maximum Gasteiger partial charge on any atom is 0.407 e. The maximum atomic E-state index is 12.9. The minimum absolute atomic E-state index is 0.0408. The fraction of sp³-hybridized carbons (Fsp3) is 0.889. The van der Waals surface area contributed by atoms with E-state index < -0.39 is 90.5 Å². The van der Waals surface area contributed by atoms with Crippen LogP contribution in [0.1, 0.15) is 73.1 Å². The van der Waals surface area contributed by atoms with Gasteiger partial charge < -0.3 is 38.5 Å². The summed E-state index contributed by atoms with van der Waals surface area (Å²) < 4.78 is 42.0. The molecule has 2 saturated carbocycles. The van der Waals surface area contributed by atoms with Crippen molar-refractivity contribution in [2.24, 2.45) is 15.3 Å². The summed E-state index contributed by atoms with van der Waals surface area (Å²) in [6.07, 6.45) is -5.14. The molecule has 2 aliphatic carbocycles. The molecule has 258 valence electrons. The molecule has 20 heteroatoms. The minimum Gasteiger partial charge on any atom is -0.458 e. The van der Waals surface area contributed by atoms with Gasteiger partial charge in [-0.1, -0.05) is 21.8 Å². The molecule has 1 amide bonds. The van der Waals surface area contributed by atoms with Crippen LogP contribution in [0.25, 0.3) is 31.3 Å². The Morgan fingerprint density at radius 3 is 2.13 bits per heavy atom. The van der Waals surface area contributed by atoms with Crippen LogP contribution in [-0.4, -0.2) is 97.0 Å². The van der Waals surface area contributed by atoms with Gasteiger partial charge in [0.05, 0.1) is 24.7 Å². The Kier molecular flexibility index (Phi) is 11.6. The fourth-order valence-electron chi connectivity index (χ4n) is 6.51. The van der Waals surface area contributed by atoms with Crippen LogP contribution in [0.3, 0.4) is 0 Å². The largest absolute Gasteiger partial charge is 0.458 e. The lowest BCUT2D eigenvalue weighted by Crippen LogP contribution is -2.64. The summed E-state index contributed by atoms with van der Waals surface area (Å²) in [5, 5.41) is 14.1. The SMILES string of the molecule is CC(=O)O[C@@H]1[C@@H](N=[N+]=[N-])[C@@H](O[C@H]2[C@@H]3OC4(CCCCC4)O[C@H]3[C@H](NC(=O)OC(C)(C)C)C[C@@H]2N=[N+]=[N-])O[C@H](CN=[N+]=[N-])[C@H]1OC(C)=O. The molecule has 10 atom stereocenters. The van der Waals surface area contributed by atoms with Gasteiger partial charge in [0.1, 0.15) is 30.0 Å². The van der Waals surface area contributed by atoms with E-state index in [2.05, 4.69) is 35.4 Å². The molecule has 4 aliphatic rings. The number of hydrogen-bond acceptors (Lipinski definition) is 13. The van der Waals surface area contributed by atoms with E-state index in [0.717, 1.165) is 33.1 Å². The summed E-state index contributed by atoms with van der Waals surface area (Å²) in [6.45, 7) is 7.03. The maximum absolute atomic E-state index is 12.9. The molecule has 1 N–H and O–H groups in total. The molecule has 4 rings (SSSR count). The van der Waals surface area contributed by atoms with E-state index in [9.17, 15) is 25.4 Å². The van der Waals surface area contributed by atoms with E-state index in [0.29, 0.717) is 12.8 Å². The number of esters is 2. The van der Waals surface area contributed by atoms with Crippen molar-refractivity contribution in [2.45, 2.75) is 146 Å². The third-order valence-corrected chi connectivity index (χ3v) is 8.16. The second-order valence-electron chi connectivity index (χ2n) is 12.8. The number of carbonyl (C=O) groups excluding carboxylic acids is 3. The first-order valence-electron chi connectivity index (χ1n) is 15.4. The van der Waals surface area contributed by atoms with Crippen molar-refractivity contribution in [3.8, 4) is 0 Å². The van der Waals surface area contributed by atoms with Gasteiger partial charge in [0.2, 0.25) is 0 Å². The average molecular weight is 665 g/mol. The molecule has 2 saturated heterocycles. The number of ether oxygens (including phenoxy) is 7. The van der Waals surface area contributed by atoms with Crippen molar-refractivity contribution < 1.29 is 47.5 Å². The van der Waals surface area contributed by atoms with Crippen molar-refractivity contribution in [1.82, 2.24) is 5.32 Å². The minimum atomic E-state index is -1.51. The molecule has 0 aromatic carbocycles. The number of amides is 1. The van der Waals surface area contributed by atoms with Crippen LogP contribution in [0.5, 0.6) is 0 Å². The third-order valence-electron chi connectivity index (χ3n) is 8.16. The number of hydrogen-bond donors (Lipinski definition) is 1. The molecule has 0 unspecified atom stereocenters. The predicted molar refractivity (Wildman–Crippen MR) is 158 cm³/mol. The molecule has 0 aromatic rings. The zero-order valence-electron chi connectivity index (χ0n) is 26.8. The first kappa shape index (κ1) is 35.8. The third kappa shape index (κ3) is 8.87. The van der Waals surface area contributed by atoms with Crippen LogP contribution < -0.4 is 5.32 Å². The van der Waals surface area contributed by atoms with Gasteiger partial charge in [0, 0.05) is 41.4 Å². The van der Waals surface area contributed by atoms with Crippen LogP contribution in [0.2, 0.25) is 0 Å². The summed E-state index contributed by atoms with van der Waals surface area (Å²) >= 11 is 0. The lowest BCUT2D eigenvalue weighted by Gasteiger charge is -2.47. The molecule has 0 aromatic heterocycles. The second-order valence-corrected chi connectivity index (χ2v) is 12.8. The molecule has 20 nitrogen and oxygen atoms in total. The molecule has 47 heavy (non-hydrogen) atoms. The van der Waals surface area contributed by atoms with Crippen LogP contribution >= 0.6 is 0 Å². The number of carbonyl (C=O) groups is 3. The molecular weight excluding hydrogens is 624 g/mol. The van der Waals surface area contributed by atoms with Gasteiger partial charge in [0.15, 0.2) is 24.3 Å². The highest BCUT2D eigenvalue weighted by Crippen LogP contribution is 2.47. The highest BCUT2D eigenvalue weighted by molar-refractivity contribution is 5.68. The monoisotopic (exact) mass is 664 g/mol. The Bertz CT molecular complexity index is 1320. The first-order chi connectivity index (χ1) is 22.3. The van der Waals surface area contributed by atoms with Crippen molar-refractivity contribution in [1.29, 1.82) is 0 Å². The number of azide groups is 3. The first-order valence-corrected chi connectivity index (χ1v) is 15.4. The van der Waals surface area contributed by atoms with Gasteiger partial charge in [-0.15, -0.1) is 0 Å². The van der Waals surface area contributed by atoms with Crippen LogP contribution in [-0.2, 0) is 42.7 Å². The van der Waals surface area contributed by atoms with Crippen molar-refractivity contribution in [3.05, 3.63) is 31.3 Å². The molecule has 2 aliphatic heterocycles. The van der Waals surface area contributed by atoms with Crippen molar-refractivity contribution in [3.63, 3.8) is 0 Å². The summed E-state index contributed by atoms with van der Waals surface area (Å²) in [5.41, 5.74) is 27.3. The van der Waals surface area contributed by atoms with E-state index in [4.69, 9.17) is 38.7 Å². The van der Waals surface area contributed by atoms with Crippen molar-refractivity contribution >= 4 is 18.0 Å². The second kappa shape index (κ2) is 15.3. The van der Waals surface area contributed by atoms with Gasteiger partial charge in [-0.25, -0.2) is 4.79 Å². The lowest BCUT2D eigenvalue weighted by molar-refractivity contribution is -0.290. The zero-order valence-corrected chi connectivity index (χ0v) is 26.8. The quantitative estimate of drug-likeness (QED) is 0.119. The number of nitrogens with one attached hydrogen (secondary N) is 1. The molecular formula is C27H40N10O10. The van der Waals surface area contributed by atoms with Crippen LogP contribution in [0, 0.1) is 0 Å². The Balaban J connectivity index is 1.72. The van der Waals surface area contributed by atoms with E-state index in [-0.39, 0.29) is 13.0 Å². The molecule has 0 radical (unpaired) electrons. The number of alkyl carbamates (subject to hydrolysis) is 1. The Morgan fingerprint density at radius 2 is 1.53 bits per heavy atom. The summed E-state index contributed by atoms with van der Waals surface area (Å²) in [7, 11) is 0. The molecule has 4 fully saturated rings. The summed E-state index contributed by atoms with van der Waals surface area (Å²) in [5.74, 6) is -2.55.